The van der Waals surface area contributed by atoms with Crippen LogP contribution in [0.3, 0.4) is 0 Å². The van der Waals surface area contributed by atoms with Crippen molar-refractivity contribution in [2.24, 2.45) is 5.84 Å². The van der Waals surface area contributed by atoms with Crippen LogP contribution in [0.25, 0.3) is 0 Å². The fourth-order valence-corrected chi connectivity index (χ4v) is 2.31. The summed E-state index contributed by atoms with van der Waals surface area (Å²) in [6.07, 6.45) is 2.31. The zero-order valence-electron chi connectivity index (χ0n) is 12.9. The predicted octanol–water partition coefficient (Wildman–Crippen LogP) is 0.950. The first-order valence-corrected chi connectivity index (χ1v) is 7.38. The molecule has 21 heavy (non-hydrogen) atoms. The number of rotatable bonds is 6. The number of nitrogen functional groups attached to an aromatic ring is 1. The lowest BCUT2D eigenvalue weighted by molar-refractivity contribution is 0.0523. The molecule has 8 heteroatoms. The molecular formula is C13H24N6O2. The van der Waals surface area contributed by atoms with Crippen molar-refractivity contribution in [3.8, 4) is 6.01 Å². The molecule has 1 atom stereocenters. The van der Waals surface area contributed by atoms with Gasteiger partial charge in [0.1, 0.15) is 0 Å². The highest BCUT2D eigenvalue weighted by Crippen LogP contribution is 2.21. The van der Waals surface area contributed by atoms with Gasteiger partial charge in [-0.3, -0.25) is 5.43 Å². The monoisotopic (exact) mass is 296 g/mol. The van der Waals surface area contributed by atoms with Gasteiger partial charge in [0.05, 0.1) is 12.2 Å². The van der Waals surface area contributed by atoms with Crippen molar-refractivity contribution >= 4 is 11.9 Å². The van der Waals surface area contributed by atoms with Crippen LogP contribution in [-0.4, -0.2) is 46.9 Å². The standard InChI is InChI=1S/C13H24N6O2/c1-4-20-10-6-5-7-19(8-10)12-15-11(18-14)16-13(17-12)21-9(2)3/h9-10H,4-8,14H2,1-3H3,(H,15,16,17,18). The van der Waals surface area contributed by atoms with Gasteiger partial charge in [0.25, 0.3) is 0 Å². The maximum absolute atomic E-state index is 5.70. The molecule has 1 aliphatic rings. The Labute approximate surface area is 125 Å². The van der Waals surface area contributed by atoms with Crippen LogP contribution in [0.1, 0.15) is 33.6 Å². The Bertz CT molecular complexity index is 454. The van der Waals surface area contributed by atoms with Crippen LogP contribution < -0.4 is 20.9 Å². The second-order valence-corrected chi connectivity index (χ2v) is 5.22. The van der Waals surface area contributed by atoms with E-state index in [1.165, 1.54) is 0 Å². The van der Waals surface area contributed by atoms with Crippen molar-refractivity contribution in [3.05, 3.63) is 0 Å². The Hall–Kier alpha value is -1.67. The summed E-state index contributed by atoms with van der Waals surface area (Å²) in [4.78, 5) is 14.9. The van der Waals surface area contributed by atoms with E-state index in [1.54, 1.807) is 0 Å². The van der Waals surface area contributed by atoms with Crippen molar-refractivity contribution in [1.29, 1.82) is 0 Å². The van der Waals surface area contributed by atoms with Gasteiger partial charge < -0.3 is 14.4 Å². The first-order valence-electron chi connectivity index (χ1n) is 7.38. The van der Waals surface area contributed by atoms with Crippen LogP contribution in [0.5, 0.6) is 6.01 Å². The number of piperidine rings is 1. The highest BCUT2D eigenvalue weighted by molar-refractivity contribution is 5.38. The maximum atomic E-state index is 5.70. The van der Waals surface area contributed by atoms with Crippen LogP contribution in [0.2, 0.25) is 0 Å². The SMILES string of the molecule is CCOC1CCCN(c2nc(NN)nc(OC(C)C)n2)C1. The largest absolute Gasteiger partial charge is 0.461 e. The molecule has 1 aromatic heterocycles. The van der Waals surface area contributed by atoms with Gasteiger partial charge >= 0.3 is 6.01 Å². The third-order valence-corrected chi connectivity index (χ3v) is 3.14. The van der Waals surface area contributed by atoms with E-state index in [2.05, 4.69) is 25.3 Å². The van der Waals surface area contributed by atoms with E-state index < -0.39 is 0 Å². The molecule has 0 saturated carbocycles. The van der Waals surface area contributed by atoms with Gasteiger partial charge in [-0.2, -0.15) is 15.0 Å². The third kappa shape index (κ3) is 4.40. The Morgan fingerprint density at radius 1 is 1.38 bits per heavy atom. The molecule has 0 bridgehead atoms. The van der Waals surface area contributed by atoms with Gasteiger partial charge in [-0.15, -0.1) is 0 Å². The zero-order chi connectivity index (χ0) is 15.2. The normalized spacial score (nSPS) is 18.9. The molecule has 1 saturated heterocycles. The zero-order valence-corrected chi connectivity index (χ0v) is 12.9. The lowest BCUT2D eigenvalue weighted by Crippen LogP contribution is -2.40. The first kappa shape index (κ1) is 15.7. The minimum absolute atomic E-state index is 0.0107. The predicted molar refractivity (Wildman–Crippen MR) is 80.3 cm³/mol. The van der Waals surface area contributed by atoms with Crippen molar-refractivity contribution < 1.29 is 9.47 Å². The number of aromatic nitrogens is 3. The molecule has 1 aliphatic heterocycles. The number of hydrazine groups is 1. The summed E-state index contributed by atoms with van der Waals surface area (Å²) >= 11 is 0. The Morgan fingerprint density at radius 2 is 2.19 bits per heavy atom. The lowest BCUT2D eigenvalue weighted by atomic mass is 10.1. The number of nitrogens with zero attached hydrogens (tertiary/aromatic N) is 4. The van der Waals surface area contributed by atoms with Gasteiger partial charge in [0.2, 0.25) is 11.9 Å². The van der Waals surface area contributed by atoms with Crippen molar-refractivity contribution in [1.82, 2.24) is 15.0 Å². The molecule has 0 radical (unpaired) electrons. The lowest BCUT2D eigenvalue weighted by Gasteiger charge is -2.32. The molecule has 1 aromatic rings. The molecule has 0 aliphatic carbocycles. The second kappa shape index (κ2) is 7.37. The number of anilines is 2. The summed E-state index contributed by atoms with van der Waals surface area (Å²) < 4.78 is 11.2. The van der Waals surface area contributed by atoms with E-state index in [0.29, 0.717) is 18.5 Å². The molecule has 0 spiro atoms. The summed E-state index contributed by atoms with van der Waals surface area (Å²) in [7, 11) is 0. The summed E-state index contributed by atoms with van der Waals surface area (Å²) in [6, 6.07) is 0.279. The highest BCUT2D eigenvalue weighted by Gasteiger charge is 2.23. The highest BCUT2D eigenvalue weighted by atomic mass is 16.5. The van der Waals surface area contributed by atoms with Crippen LogP contribution in [-0.2, 0) is 4.74 Å². The minimum atomic E-state index is -0.0107. The topological polar surface area (TPSA) is 98.4 Å². The molecule has 3 N–H and O–H groups in total. The summed E-state index contributed by atoms with van der Waals surface area (Å²) in [6.45, 7) is 8.22. The molecule has 1 unspecified atom stereocenters. The van der Waals surface area contributed by atoms with E-state index in [-0.39, 0.29) is 18.2 Å². The molecular weight excluding hydrogens is 272 g/mol. The van der Waals surface area contributed by atoms with E-state index in [0.717, 1.165) is 25.9 Å². The van der Waals surface area contributed by atoms with Crippen molar-refractivity contribution in [3.63, 3.8) is 0 Å². The van der Waals surface area contributed by atoms with E-state index >= 15 is 0 Å². The Morgan fingerprint density at radius 3 is 2.86 bits per heavy atom. The van der Waals surface area contributed by atoms with Crippen LogP contribution in [0.4, 0.5) is 11.9 Å². The number of hydrogen-bond acceptors (Lipinski definition) is 8. The molecule has 8 nitrogen and oxygen atoms in total. The average molecular weight is 296 g/mol. The molecule has 0 amide bonds. The summed E-state index contributed by atoms with van der Waals surface area (Å²) in [5.41, 5.74) is 2.46. The van der Waals surface area contributed by atoms with Crippen LogP contribution in [0, 0.1) is 0 Å². The number of nitrogens with two attached hydrogens (primary N) is 1. The summed E-state index contributed by atoms with van der Waals surface area (Å²) in [5.74, 6) is 6.29. The Balaban J connectivity index is 2.17. The molecule has 0 aromatic carbocycles. The molecule has 2 rings (SSSR count). The van der Waals surface area contributed by atoms with Crippen molar-refractivity contribution in [2.75, 3.05) is 30.0 Å². The fraction of sp³-hybridized carbons (Fsp3) is 0.769. The maximum Gasteiger partial charge on any atom is 0.323 e. The first-order chi connectivity index (χ1) is 10.1. The van der Waals surface area contributed by atoms with Gasteiger partial charge in [-0.1, -0.05) is 0 Å². The number of ether oxygens (including phenoxy) is 2. The molecule has 118 valence electrons. The Kier molecular flexibility index (Phi) is 5.51. The quantitative estimate of drug-likeness (QED) is 0.591. The minimum Gasteiger partial charge on any atom is -0.461 e. The second-order valence-electron chi connectivity index (χ2n) is 5.22. The van der Waals surface area contributed by atoms with Crippen LogP contribution >= 0.6 is 0 Å². The third-order valence-electron chi connectivity index (χ3n) is 3.14. The summed E-state index contributed by atoms with van der Waals surface area (Å²) in [5, 5.41) is 0. The fourth-order valence-electron chi connectivity index (χ4n) is 2.31. The smallest absolute Gasteiger partial charge is 0.323 e. The molecule has 2 heterocycles. The van der Waals surface area contributed by atoms with Gasteiger partial charge in [0.15, 0.2) is 0 Å². The van der Waals surface area contributed by atoms with Crippen LogP contribution in [0.15, 0.2) is 0 Å². The average Bonchev–Trinajstić information content (AvgIpc) is 2.47. The van der Waals surface area contributed by atoms with Gasteiger partial charge in [0, 0.05) is 19.7 Å². The van der Waals surface area contributed by atoms with Crippen molar-refractivity contribution in [2.45, 2.75) is 45.8 Å². The number of nitrogens with one attached hydrogen (secondary N) is 1. The van der Waals surface area contributed by atoms with E-state index in [4.69, 9.17) is 15.3 Å². The van der Waals surface area contributed by atoms with Gasteiger partial charge in [-0.05, 0) is 33.6 Å². The number of hydrogen-bond donors (Lipinski definition) is 2. The van der Waals surface area contributed by atoms with E-state index in [9.17, 15) is 0 Å². The van der Waals surface area contributed by atoms with E-state index in [1.807, 2.05) is 20.8 Å². The molecule has 1 fully saturated rings. The van der Waals surface area contributed by atoms with Gasteiger partial charge in [-0.25, -0.2) is 5.84 Å².